The van der Waals surface area contributed by atoms with Crippen LogP contribution in [0, 0.1) is 5.41 Å². The lowest BCUT2D eigenvalue weighted by atomic mass is 9.92. The summed E-state index contributed by atoms with van der Waals surface area (Å²) in [6.07, 6.45) is 4.54. The molecule has 1 rings (SSSR count). The average Bonchev–Trinajstić information content (AvgIpc) is 2.67. The smallest absolute Gasteiger partial charge is 0.205 e. The van der Waals surface area contributed by atoms with Crippen molar-refractivity contribution in [2.75, 3.05) is 19.8 Å². The van der Waals surface area contributed by atoms with Gasteiger partial charge in [0.1, 0.15) is 0 Å². The molecule has 1 aliphatic carbocycles. The van der Waals surface area contributed by atoms with Crippen LogP contribution in [0.3, 0.4) is 0 Å². The van der Waals surface area contributed by atoms with Crippen LogP contribution in [0.2, 0.25) is 0 Å². The summed E-state index contributed by atoms with van der Waals surface area (Å²) in [6, 6.07) is 0.488. The first-order chi connectivity index (χ1) is 8.57. The fraction of sp³-hybridized carbons (Fsp3) is 0.923. The monoisotopic (exact) mass is 256 g/mol. The molecule has 1 atom stereocenters. The highest BCUT2D eigenvalue weighted by molar-refractivity contribution is 5.79. The van der Waals surface area contributed by atoms with Crippen LogP contribution in [0.25, 0.3) is 0 Å². The number of hydrogen-bond donors (Lipinski definition) is 3. The molecular weight excluding hydrogens is 228 g/mol. The summed E-state index contributed by atoms with van der Waals surface area (Å²) < 4.78 is 5.27. The Balaban J connectivity index is 2.26. The number of hydrogen-bond acceptors (Lipinski definition) is 3. The van der Waals surface area contributed by atoms with Gasteiger partial charge in [-0.1, -0.05) is 13.8 Å². The van der Waals surface area contributed by atoms with Gasteiger partial charge in [0.2, 0.25) is 5.96 Å². The lowest BCUT2D eigenvalue weighted by Gasteiger charge is -2.19. The van der Waals surface area contributed by atoms with Gasteiger partial charge in [-0.3, -0.25) is 10.4 Å². The van der Waals surface area contributed by atoms with Crippen LogP contribution in [-0.2, 0) is 4.74 Å². The van der Waals surface area contributed by atoms with Crippen LogP contribution in [-0.4, -0.2) is 31.8 Å². The van der Waals surface area contributed by atoms with Crippen molar-refractivity contribution in [2.24, 2.45) is 16.3 Å². The minimum atomic E-state index is 0.437. The zero-order valence-electron chi connectivity index (χ0n) is 12.0. The minimum Gasteiger partial charge on any atom is -0.382 e. The average molecular weight is 256 g/mol. The minimum absolute atomic E-state index is 0.437. The molecule has 4 N–H and O–H groups in total. The van der Waals surface area contributed by atoms with Gasteiger partial charge in [-0.25, -0.2) is 5.84 Å². The molecule has 0 spiro atoms. The van der Waals surface area contributed by atoms with Crippen LogP contribution in [0.15, 0.2) is 4.99 Å². The molecule has 0 saturated heterocycles. The molecule has 0 heterocycles. The zero-order chi connectivity index (χ0) is 13.4. The van der Waals surface area contributed by atoms with Gasteiger partial charge in [0, 0.05) is 25.8 Å². The number of nitrogens with two attached hydrogens (primary N) is 1. The second-order valence-corrected chi connectivity index (χ2v) is 5.67. The molecule has 0 amide bonds. The van der Waals surface area contributed by atoms with Crippen LogP contribution < -0.4 is 16.6 Å². The summed E-state index contributed by atoms with van der Waals surface area (Å²) in [4.78, 5) is 4.41. The number of ether oxygens (including phenoxy) is 1. The Labute approximate surface area is 111 Å². The molecule has 106 valence electrons. The molecule has 0 bridgehead atoms. The standard InChI is InChI=1S/C13H28N4O/c1-4-18-9-5-8-15-12(17-14)16-11-6-7-13(2,3)10-11/h11H,4-10,14H2,1-3H3,(H2,15,16,17). The molecule has 1 unspecified atom stereocenters. The summed E-state index contributed by atoms with van der Waals surface area (Å²) in [5.41, 5.74) is 3.08. The first-order valence-corrected chi connectivity index (χ1v) is 6.93. The summed E-state index contributed by atoms with van der Waals surface area (Å²) in [6.45, 7) is 8.88. The first-order valence-electron chi connectivity index (χ1n) is 6.93. The van der Waals surface area contributed by atoms with Gasteiger partial charge < -0.3 is 10.1 Å². The second-order valence-electron chi connectivity index (χ2n) is 5.67. The topological polar surface area (TPSA) is 71.7 Å². The Kier molecular flexibility index (Phi) is 6.43. The van der Waals surface area contributed by atoms with E-state index in [0.29, 0.717) is 17.4 Å². The normalized spacial score (nSPS) is 23.1. The third-order valence-corrected chi connectivity index (χ3v) is 3.37. The highest BCUT2D eigenvalue weighted by atomic mass is 16.5. The molecule has 0 aromatic carbocycles. The Morgan fingerprint density at radius 1 is 1.50 bits per heavy atom. The number of nitrogens with zero attached hydrogens (tertiary/aromatic N) is 1. The van der Waals surface area contributed by atoms with Crippen molar-refractivity contribution in [3.05, 3.63) is 0 Å². The summed E-state index contributed by atoms with van der Waals surface area (Å²) >= 11 is 0. The number of nitrogens with one attached hydrogen (secondary N) is 2. The third kappa shape index (κ3) is 5.69. The van der Waals surface area contributed by atoms with Crippen molar-refractivity contribution in [3.63, 3.8) is 0 Å². The van der Waals surface area contributed by atoms with Gasteiger partial charge >= 0.3 is 0 Å². The SMILES string of the molecule is CCOCCCN=C(NN)NC1CCC(C)(C)C1. The van der Waals surface area contributed by atoms with E-state index in [9.17, 15) is 0 Å². The number of rotatable bonds is 6. The molecule has 0 aromatic heterocycles. The second kappa shape index (κ2) is 7.59. The highest BCUT2D eigenvalue weighted by Gasteiger charge is 2.31. The zero-order valence-corrected chi connectivity index (χ0v) is 12.0. The Bertz CT molecular complexity index is 266. The van der Waals surface area contributed by atoms with Crippen LogP contribution in [0.4, 0.5) is 0 Å². The van der Waals surface area contributed by atoms with E-state index in [4.69, 9.17) is 10.6 Å². The van der Waals surface area contributed by atoms with E-state index in [-0.39, 0.29) is 0 Å². The molecule has 0 aliphatic heterocycles. The molecule has 1 aliphatic rings. The third-order valence-electron chi connectivity index (χ3n) is 3.37. The van der Waals surface area contributed by atoms with Crippen LogP contribution in [0.1, 0.15) is 46.5 Å². The predicted octanol–water partition coefficient (Wildman–Crippen LogP) is 1.40. The van der Waals surface area contributed by atoms with Gasteiger partial charge in [0.05, 0.1) is 0 Å². The largest absolute Gasteiger partial charge is 0.382 e. The Morgan fingerprint density at radius 3 is 2.83 bits per heavy atom. The molecule has 5 heteroatoms. The number of guanidine groups is 1. The van der Waals surface area contributed by atoms with Crippen molar-refractivity contribution >= 4 is 5.96 Å². The van der Waals surface area contributed by atoms with Gasteiger partial charge in [0.15, 0.2) is 0 Å². The summed E-state index contributed by atoms with van der Waals surface area (Å²) in [7, 11) is 0. The van der Waals surface area contributed by atoms with E-state index in [1.165, 1.54) is 19.3 Å². The van der Waals surface area contributed by atoms with E-state index in [1.807, 2.05) is 6.92 Å². The van der Waals surface area contributed by atoms with Gasteiger partial charge in [-0.15, -0.1) is 0 Å². The molecular formula is C13H28N4O. The maximum atomic E-state index is 5.48. The van der Waals surface area contributed by atoms with E-state index in [0.717, 1.165) is 26.2 Å². The number of aliphatic imine (C=N–C) groups is 1. The lowest BCUT2D eigenvalue weighted by Crippen LogP contribution is -2.46. The van der Waals surface area contributed by atoms with Gasteiger partial charge in [-0.2, -0.15) is 0 Å². The lowest BCUT2D eigenvalue weighted by molar-refractivity contribution is 0.146. The van der Waals surface area contributed by atoms with E-state index < -0.39 is 0 Å². The van der Waals surface area contributed by atoms with Crippen LogP contribution in [0.5, 0.6) is 0 Å². The molecule has 0 aromatic rings. The maximum Gasteiger partial charge on any atom is 0.205 e. The fourth-order valence-electron chi connectivity index (χ4n) is 2.39. The molecule has 5 nitrogen and oxygen atoms in total. The van der Waals surface area contributed by atoms with Crippen molar-refractivity contribution in [3.8, 4) is 0 Å². The van der Waals surface area contributed by atoms with Crippen LogP contribution >= 0.6 is 0 Å². The summed E-state index contributed by atoms with van der Waals surface area (Å²) in [5, 5.41) is 3.39. The molecule has 1 fully saturated rings. The molecule has 18 heavy (non-hydrogen) atoms. The van der Waals surface area contributed by atoms with Crippen molar-refractivity contribution in [1.82, 2.24) is 10.7 Å². The van der Waals surface area contributed by atoms with Crippen molar-refractivity contribution in [2.45, 2.75) is 52.5 Å². The number of hydrazine groups is 1. The fourth-order valence-corrected chi connectivity index (χ4v) is 2.39. The Hall–Kier alpha value is -0.810. The van der Waals surface area contributed by atoms with E-state index in [1.54, 1.807) is 0 Å². The van der Waals surface area contributed by atoms with Gasteiger partial charge in [-0.05, 0) is 38.0 Å². The molecule has 1 saturated carbocycles. The first kappa shape index (κ1) is 15.2. The quantitative estimate of drug-likeness (QED) is 0.221. The van der Waals surface area contributed by atoms with Crippen molar-refractivity contribution < 1.29 is 4.74 Å². The van der Waals surface area contributed by atoms with Crippen molar-refractivity contribution in [1.29, 1.82) is 0 Å². The van der Waals surface area contributed by atoms with E-state index in [2.05, 4.69) is 29.6 Å². The predicted molar refractivity (Wildman–Crippen MR) is 75.3 cm³/mol. The highest BCUT2D eigenvalue weighted by Crippen LogP contribution is 2.36. The molecule has 0 radical (unpaired) electrons. The summed E-state index contributed by atoms with van der Waals surface area (Å²) in [5.74, 6) is 6.19. The van der Waals surface area contributed by atoms with Gasteiger partial charge in [0.25, 0.3) is 0 Å². The maximum absolute atomic E-state index is 5.48. The van der Waals surface area contributed by atoms with E-state index >= 15 is 0 Å². The Morgan fingerprint density at radius 2 is 2.28 bits per heavy atom.